The average Bonchev–Trinajstić information content (AvgIpc) is 2.66. The van der Waals surface area contributed by atoms with E-state index >= 15 is 0 Å². The molecule has 1 aromatic rings. The maximum Gasteiger partial charge on any atom is 0.307 e. The van der Waals surface area contributed by atoms with Gasteiger partial charge in [-0.25, -0.2) is 8.42 Å². The highest BCUT2D eigenvalue weighted by Crippen LogP contribution is 2.29. The fraction of sp³-hybridized carbons (Fsp3) is 0.450. The number of rotatable bonds is 7. The number of hydrogen-bond acceptors (Lipinski definition) is 9. The highest BCUT2D eigenvalue weighted by atomic mass is 32.2. The second kappa shape index (κ2) is 10.0. The van der Waals surface area contributed by atoms with Gasteiger partial charge in [0.1, 0.15) is 12.7 Å². The molecule has 1 aromatic carbocycles. The van der Waals surface area contributed by atoms with Crippen molar-refractivity contribution < 1.29 is 41.7 Å². The topological polar surface area (TPSA) is 126 Å². The van der Waals surface area contributed by atoms with Crippen LogP contribution in [0.3, 0.4) is 0 Å². The molecule has 0 bridgehead atoms. The number of ether oxygens (including phenoxy) is 4. The molecule has 31 heavy (non-hydrogen) atoms. The van der Waals surface area contributed by atoms with Crippen molar-refractivity contribution in [3.05, 3.63) is 41.7 Å². The number of nitrogens with zero attached hydrogens (tertiary/aromatic N) is 1. The zero-order valence-electron chi connectivity index (χ0n) is 17.9. The molecule has 11 heteroatoms. The molecule has 3 atom stereocenters. The molecule has 2 rings (SSSR count). The van der Waals surface area contributed by atoms with Crippen LogP contribution < -0.4 is 0 Å². The van der Waals surface area contributed by atoms with E-state index in [2.05, 4.69) is 0 Å². The monoisotopic (exact) mass is 455 g/mol. The normalized spacial score (nSPS) is 21.2. The first-order valence-corrected chi connectivity index (χ1v) is 10.8. The molecule has 0 saturated heterocycles. The highest BCUT2D eigenvalue weighted by molar-refractivity contribution is 7.89. The van der Waals surface area contributed by atoms with E-state index in [-0.39, 0.29) is 17.3 Å². The first kappa shape index (κ1) is 24.5. The summed E-state index contributed by atoms with van der Waals surface area (Å²) in [6, 6.07) is 6.17. The van der Waals surface area contributed by atoms with Crippen molar-refractivity contribution in [2.75, 3.05) is 13.7 Å². The van der Waals surface area contributed by atoms with Gasteiger partial charge in [0.25, 0.3) is 0 Å². The van der Waals surface area contributed by atoms with E-state index < -0.39 is 46.4 Å². The second-order valence-electron chi connectivity index (χ2n) is 6.90. The van der Waals surface area contributed by atoms with Crippen LogP contribution >= 0.6 is 0 Å². The van der Waals surface area contributed by atoms with Crippen LogP contribution in [0.25, 0.3) is 0 Å². The quantitative estimate of drug-likeness (QED) is 0.441. The molecule has 0 radical (unpaired) electrons. The fourth-order valence-electron chi connectivity index (χ4n) is 2.81. The SMILES string of the molecule is CC(=O)OC[C@H]1O[C@H](N(C)S(=O)(=O)c2ccc(C)cc2)C(OC(C)=O)=C[C@@H]1OC(C)=O. The smallest absolute Gasteiger partial charge is 0.307 e. The van der Waals surface area contributed by atoms with Gasteiger partial charge in [-0.1, -0.05) is 17.7 Å². The summed E-state index contributed by atoms with van der Waals surface area (Å²) in [5.41, 5.74) is 0.877. The molecule has 1 aliphatic heterocycles. The van der Waals surface area contributed by atoms with E-state index in [0.717, 1.165) is 16.8 Å². The predicted molar refractivity (Wildman–Crippen MR) is 107 cm³/mol. The van der Waals surface area contributed by atoms with E-state index in [1.54, 1.807) is 12.1 Å². The number of hydrogen-bond donors (Lipinski definition) is 0. The van der Waals surface area contributed by atoms with Crippen molar-refractivity contribution in [3.8, 4) is 0 Å². The second-order valence-corrected chi connectivity index (χ2v) is 8.90. The van der Waals surface area contributed by atoms with E-state index in [9.17, 15) is 22.8 Å². The van der Waals surface area contributed by atoms with Crippen molar-refractivity contribution in [3.63, 3.8) is 0 Å². The standard InChI is InChI=1S/C20H25NO9S/c1-12-6-8-16(9-7-12)31(25,26)21(5)20-18(29-15(4)24)10-17(28-14(3)23)19(30-20)11-27-13(2)22/h6-10,17,19-20H,11H2,1-5H3/t17-,19+,20-/m0/s1. The first-order valence-electron chi connectivity index (χ1n) is 9.32. The van der Waals surface area contributed by atoms with Crippen LogP contribution in [0.5, 0.6) is 0 Å². The molecule has 0 aliphatic carbocycles. The maximum absolute atomic E-state index is 13.1. The summed E-state index contributed by atoms with van der Waals surface area (Å²) >= 11 is 0. The number of aryl methyl sites for hydroxylation is 1. The summed E-state index contributed by atoms with van der Waals surface area (Å²) < 4.78 is 48.2. The van der Waals surface area contributed by atoms with Crippen molar-refractivity contribution in [2.45, 2.75) is 51.0 Å². The number of esters is 3. The Balaban J connectivity index is 2.45. The van der Waals surface area contributed by atoms with Crippen LogP contribution in [0.15, 0.2) is 41.0 Å². The lowest BCUT2D eigenvalue weighted by molar-refractivity contribution is -0.176. The van der Waals surface area contributed by atoms with Crippen molar-refractivity contribution in [1.82, 2.24) is 4.31 Å². The molecule has 0 aromatic heterocycles. The van der Waals surface area contributed by atoms with Gasteiger partial charge in [0.2, 0.25) is 10.0 Å². The van der Waals surface area contributed by atoms with E-state index in [4.69, 9.17) is 18.9 Å². The Morgan fingerprint density at radius 1 is 1.03 bits per heavy atom. The summed E-state index contributed by atoms with van der Waals surface area (Å²) in [6.45, 7) is 5.00. The van der Waals surface area contributed by atoms with Crippen molar-refractivity contribution in [2.24, 2.45) is 0 Å². The molecular formula is C20H25NO9S. The summed E-state index contributed by atoms with van der Waals surface area (Å²) in [6.07, 6.45) is -2.21. The van der Waals surface area contributed by atoms with Gasteiger partial charge >= 0.3 is 17.9 Å². The Bertz CT molecular complexity index is 969. The van der Waals surface area contributed by atoms with Gasteiger partial charge in [0.15, 0.2) is 18.1 Å². The van der Waals surface area contributed by atoms with Gasteiger partial charge < -0.3 is 18.9 Å². The van der Waals surface area contributed by atoms with Crippen molar-refractivity contribution in [1.29, 1.82) is 0 Å². The third-order valence-corrected chi connectivity index (χ3v) is 6.10. The Morgan fingerprint density at radius 2 is 1.65 bits per heavy atom. The Labute approximate surface area is 180 Å². The molecule has 1 aliphatic rings. The summed E-state index contributed by atoms with van der Waals surface area (Å²) in [5, 5.41) is 0. The van der Waals surface area contributed by atoms with Crippen LogP contribution in [0, 0.1) is 6.92 Å². The molecule has 0 saturated carbocycles. The Kier molecular flexibility index (Phi) is 7.93. The molecule has 0 N–H and O–H groups in total. The zero-order valence-corrected chi connectivity index (χ0v) is 18.7. The minimum Gasteiger partial charge on any atom is -0.463 e. The van der Waals surface area contributed by atoms with Gasteiger partial charge in [-0.2, -0.15) is 4.31 Å². The van der Waals surface area contributed by atoms with Gasteiger partial charge in [-0.15, -0.1) is 0 Å². The van der Waals surface area contributed by atoms with Crippen LogP contribution in [0.1, 0.15) is 26.3 Å². The van der Waals surface area contributed by atoms with Crippen molar-refractivity contribution >= 4 is 27.9 Å². The third-order valence-electron chi connectivity index (χ3n) is 4.28. The number of carbonyl (C=O) groups excluding carboxylic acids is 3. The lowest BCUT2D eigenvalue weighted by Gasteiger charge is -2.37. The van der Waals surface area contributed by atoms with E-state index in [1.807, 2.05) is 6.92 Å². The van der Waals surface area contributed by atoms with Gasteiger partial charge in [-0.05, 0) is 19.1 Å². The Hall–Kier alpha value is -2.76. The van der Waals surface area contributed by atoms with Gasteiger partial charge in [0.05, 0.1) is 4.90 Å². The van der Waals surface area contributed by atoms with Crippen LogP contribution in [0.4, 0.5) is 0 Å². The highest BCUT2D eigenvalue weighted by Gasteiger charge is 2.42. The lowest BCUT2D eigenvalue weighted by atomic mass is 10.1. The van der Waals surface area contributed by atoms with Crippen LogP contribution in [0.2, 0.25) is 0 Å². The summed E-state index contributed by atoms with van der Waals surface area (Å²) in [7, 11) is -2.80. The number of carbonyl (C=O) groups is 3. The molecule has 0 amide bonds. The summed E-state index contributed by atoms with van der Waals surface area (Å²) in [4.78, 5) is 34.3. The van der Waals surface area contributed by atoms with Crippen LogP contribution in [-0.4, -0.2) is 62.7 Å². The molecule has 170 valence electrons. The number of sulfonamides is 1. The van der Waals surface area contributed by atoms with Gasteiger partial charge in [0, 0.05) is 33.9 Å². The molecule has 10 nitrogen and oxygen atoms in total. The molecule has 1 heterocycles. The zero-order chi connectivity index (χ0) is 23.3. The average molecular weight is 455 g/mol. The minimum atomic E-state index is -4.06. The largest absolute Gasteiger partial charge is 0.463 e. The lowest BCUT2D eigenvalue weighted by Crippen LogP contribution is -2.50. The maximum atomic E-state index is 13.1. The fourth-order valence-corrected chi connectivity index (χ4v) is 4.03. The predicted octanol–water partition coefficient (Wildman–Crippen LogP) is 1.28. The van der Waals surface area contributed by atoms with E-state index in [1.165, 1.54) is 39.1 Å². The van der Waals surface area contributed by atoms with Gasteiger partial charge in [-0.3, -0.25) is 14.4 Å². The minimum absolute atomic E-state index is 0.00465. The van der Waals surface area contributed by atoms with Crippen LogP contribution in [-0.2, 0) is 43.4 Å². The first-order chi connectivity index (χ1) is 14.4. The Morgan fingerprint density at radius 3 is 2.16 bits per heavy atom. The third kappa shape index (κ3) is 6.36. The summed E-state index contributed by atoms with van der Waals surface area (Å²) in [5.74, 6) is -2.15. The molecule has 0 unspecified atom stereocenters. The molecular weight excluding hydrogens is 430 g/mol. The molecule has 0 fully saturated rings. The van der Waals surface area contributed by atoms with E-state index in [0.29, 0.717) is 0 Å². The number of likely N-dealkylation sites (N-methyl/N-ethyl adjacent to an activating group) is 1. The number of benzene rings is 1. The molecule has 0 spiro atoms.